The lowest BCUT2D eigenvalue weighted by Gasteiger charge is -2.26. The van der Waals surface area contributed by atoms with Gasteiger partial charge in [-0.1, -0.05) is 6.07 Å². The highest BCUT2D eigenvalue weighted by Crippen LogP contribution is 2.33. The lowest BCUT2D eigenvalue weighted by Crippen LogP contribution is -2.44. The molecule has 1 heterocycles. The lowest BCUT2D eigenvalue weighted by atomic mass is 10.0. The third-order valence-corrected chi connectivity index (χ3v) is 3.19. The molecule has 7 nitrogen and oxygen atoms in total. The number of rotatable bonds is 4. The largest absolute Gasteiger partial charge is 0.486 e. The van der Waals surface area contributed by atoms with Crippen LogP contribution in [-0.2, 0) is 4.74 Å². The number of carbonyl (C=O) groups excluding carboxylic acids is 1. The van der Waals surface area contributed by atoms with Crippen LogP contribution in [0.15, 0.2) is 18.2 Å². The van der Waals surface area contributed by atoms with Crippen molar-refractivity contribution in [1.82, 2.24) is 5.32 Å². The molecular formula is C16H23NO6. The van der Waals surface area contributed by atoms with Crippen LogP contribution in [0.2, 0.25) is 0 Å². The second-order valence-corrected chi connectivity index (χ2v) is 6.28. The molecule has 0 fully saturated rings. The molecule has 23 heavy (non-hydrogen) atoms. The number of nitrogens with one attached hydrogen (secondary N) is 1. The predicted molar refractivity (Wildman–Crippen MR) is 82.6 cm³/mol. The van der Waals surface area contributed by atoms with Crippen LogP contribution < -0.4 is 14.8 Å². The highest BCUT2D eigenvalue weighted by atomic mass is 16.6. The maximum atomic E-state index is 11.8. The van der Waals surface area contributed by atoms with Crippen LogP contribution in [0, 0.1) is 0 Å². The molecule has 0 aromatic heterocycles. The molecular weight excluding hydrogens is 302 g/mol. The Hall–Kier alpha value is -1.99. The monoisotopic (exact) mass is 325 g/mol. The zero-order valence-corrected chi connectivity index (χ0v) is 13.5. The summed E-state index contributed by atoms with van der Waals surface area (Å²) in [6.07, 6.45) is -1.81. The molecule has 1 aliphatic heterocycles. The molecule has 0 bridgehead atoms. The average molecular weight is 325 g/mol. The lowest BCUT2D eigenvalue weighted by molar-refractivity contribution is 0.0349. The van der Waals surface area contributed by atoms with Gasteiger partial charge < -0.3 is 29.7 Å². The summed E-state index contributed by atoms with van der Waals surface area (Å²) >= 11 is 0. The summed E-state index contributed by atoms with van der Waals surface area (Å²) in [4.78, 5) is 11.8. The quantitative estimate of drug-likeness (QED) is 0.774. The van der Waals surface area contributed by atoms with Crippen molar-refractivity contribution >= 4 is 6.09 Å². The Morgan fingerprint density at radius 3 is 2.57 bits per heavy atom. The fourth-order valence-corrected chi connectivity index (χ4v) is 2.16. The number of benzene rings is 1. The Morgan fingerprint density at radius 2 is 1.96 bits per heavy atom. The number of hydrogen-bond acceptors (Lipinski definition) is 6. The molecule has 7 heteroatoms. The van der Waals surface area contributed by atoms with Gasteiger partial charge in [-0.05, 0) is 38.5 Å². The first kappa shape index (κ1) is 17.4. The van der Waals surface area contributed by atoms with E-state index in [1.165, 1.54) is 0 Å². The summed E-state index contributed by atoms with van der Waals surface area (Å²) < 4.78 is 16.0. The number of aliphatic hydroxyl groups excluding tert-OH is 2. The van der Waals surface area contributed by atoms with Crippen molar-refractivity contribution in [2.24, 2.45) is 0 Å². The molecule has 128 valence electrons. The topological polar surface area (TPSA) is 97.3 Å². The van der Waals surface area contributed by atoms with Gasteiger partial charge >= 0.3 is 6.09 Å². The summed E-state index contributed by atoms with van der Waals surface area (Å²) in [6.45, 7) is 5.68. The van der Waals surface area contributed by atoms with E-state index in [4.69, 9.17) is 14.2 Å². The van der Waals surface area contributed by atoms with Gasteiger partial charge in [-0.3, -0.25) is 0 Å². The Bertz CT molecular complexity index is 554. The van der Waals surface area contributed by atoms with E-state index in [-0.39, 0.29) is 0 Å². The average Bonchev–Trinajstić information content (AvgIpc) is 2.49. The van der Waals surface area contributed by atoms with E-state index in [2.05, 4.69) is 5.32 Å². The first-order valence-electron chi connectivity index (χ1n) is 7.48. The van der Waals surface area contributed by atoms with E-state index in [1.54, 1.807) is 39.0 Å². The van der Waals surface area contributed by atoms with E-state index >= 15 is 0 Å². The number of alkyl carbamates (subject to hydrolysis) is 1. The Morgan fingerprint density at radius 1 is 1.30 bits per heavy atom. The van der Waals surface area contributed by atoms with E-state index < -0.39 is 30.4 Å². The SMILES string of the molecule is CC(C)(C)OC(=O)N[C@H](CO)[C@H](O)c1ccc2c(c1)OCCO2. The van der Waals surface area contributed by atoms with Gasteiger partial charge in [0.15, 0.2) is 11.5 Å². The number of hydrogen-bond donors (Lipinski definition) is 3. The second-order valence-electron chi connectivity index (χ2n) is 6.28. The van der Waals surface area contributed by atoms with Crippen molar-refractivity contribution in [3.63, 3.8) is 0 Å². The van der Waals surface area contributed by atoms with Gasteiger partial charge in [-0.15, -0.1) is 0 Å². The predicted octanol–water partition coefficient (Wildman–Crippen LogP) is 1.38. The number of carbonyl (C=O) groups is 1. The van der Waals surface area contributed by atoms with Gasteiger partial charge in [-0.2, -0.15) is 0 Å². The van der Waals surface area contributed by atoms with Crippen LogP contribution in [0.5, 0.6) is 11.5 Å². The smallest absolute Gasteiger partial charge is 0.408 e. The van der Waals surface area contributed by atoms with E-state index in [0.717, 1.165) is 0 Å². The van der Waals surface area contributed by atoms with Crippen LogP contribution >= 0.6 is 0 Å². The third kappa shape index (κ3) is 4.74. The molecule has 2 atom stereocenters. The maximum Gasteiger partial charge on any atom is 0.408 e. The van der Waals surface area contributed by atoms with E-state index in [9.17, 15) is 15.0 Å². The molecule has 1 amide bonds. The first-order valence-corrected chi connectivity index (χ1v) is 7.48. The summed E-state index contributed by atoms with van der Waals surface area (Å²) in [5, 5.41) is 22.3. The first-order chi connectivity index (χ1) is 10.8. The minimum atomic E-state index is -1.11. The summed E-state index contributed by atoms with van der Waals surface area (Å²) in [5.41, 5.74) is -0.157. The number of fused-ring (bicyclic) bond motifs is 1. The maximum absolute atomic E-state index is 11.8. The van der Waals surface area contributed by atoms with Gasteiger partial charge in [0.05, 0.1) is 12.6 Å². The molecule has 0 saturated heterocycles. The molecule has 2 rings (SSSR count). The van der Waals surface area contributed by atoms with Crippen LogP contribution in [0.3, 0.4) is 0 Å². The minimum absolute atomic E-state index is 0.436. The second kappa shape index (κ2) is 7.06. The highest BCUT2D eigenvalue weighted by Gasteiger charge is 2.26. The van der Waals surface area contributed by atoms with Gasteiger partial charge in [-0.25, -0.2) is 4.79 Å². The zero-order chi connectivity index (χ0) is 17.0. The van der Waals surface area contributed by atoms with E-state index in [1.807, 2.05) is 0 Å². The van der Waals surface area contributed by atoms with Crippen molar-refractivity contribution in [3.05, 3.63) is 23.8 Å². The molecule has 0 saturated carbocycles. The summed E-state index contributed by atoms with van der Waals surface area (Å²) in [7, 11) is 0. The zero-order valence-electron chi connectivity index (χ0n) is 13.5. The van der Waals surface area contributed by atoms with Crippen molar-refractivity contribution < 1.29 is 29.2 Å². The van der Waals surface area contributed by atoms with Crippen molar-refractivity contribution in [2.75, 3.05) is 19.8 Å². The molecule has 0 radical (unpaired) electrons. The van der Waals surface area contributed by atoms with Crippen LogP contribution in [0.4, 0.5) is 4.79 Å². The number of ether oxygens (including phenoxy) is 3. The number of aliphatic hydroxyl groups is 2. The highest BCUT2D eigenvalue weighted by molar-refractivity contribution is 5.68. The van der Waals surface area contributed by atoms with Crippen LogP contribution in [0.25, 0.3) is 0 Å². The minimum Gasteiger partial charge on any atom is -0.486 e. The van der Waals surface area contributed by atoms with Gasteiger partial charge in [0.1, 0.15) is 24.9 Å². The molecule has 1 aromatic rings. The van der Waals surface area contributed by atoms with Crippen molar-refractivity contribution in [2.45, 2.75) is 38.5 Å². The number of amides is 1. The molecule has 0 unspecified atom stereocenters. The Labute approximate surface area is 135 Å². The van der Waals surface area contributed by atoms with Gasteiger partial charge in [0.25, 0.3) is 0 Å². The van der Waals surface area contributed by atoms with Crippen molar-refractivity contribution in [3.8, 4) is 11.5 Å². The van der Waals surface area contributed by atoms with Gasteiger partial charge in [0, 0.05) is 0 Å². The summed E-state index contributed by atoms with van der Waals surface area (Å²) in [5.74, 6) is 1.13. The van der Waals surface area contributed by atoms with E-state index in [0.29, 0.717) is 30.3 Å². The molecule has 1 aliphatic rings. The standard InChI is InChI=1S/C16H23NO6/c1-16(2,3)23-15(20)17-11(9-18)14(19)10-4-5-12-13(8-10)22-7-6-21-12/h4-5,8,11,14,18-19H,6-7,9H2,1-3H3,(H,17,20)/t11-,14-/m1/s1. The van der Waals surface area contributed by atoms with Crippen LogP contribution in [-0.4, -0.2) is 47.8 Å². The molecule has 3 N–H and O–H groups in total. The molecule has 0 spiro atoms. The fourth-order valence-electron chi connectivity index (χ4n) is 2.16. The molecule has 1 aromatic carbocycles. The Balaban J connectivity index is 2.07. The summed E-state index contributed by atoms with van der Waals surface area (Å²) in [6, 6.07) is 4.10. The fraction of sp³-hybridized carbons (Fsp3) is 0.562. The van der Waals surface area contributed by atoms with Gasteiger partial charge in [0.2, 0.25) is 0 Å². The van der Waals surface area contributed by atoms with Crippen molar-refractivity contribution in [1.29, 1.82) is 0 Å². The molecule has 0 aliphatic carbocycles. The third-order valence-electron chi connectivity index (χ3n) is 3.19. The van der Waals surface area contributed by atoms with Crippen LogP contribution in [0.1, 0.15) is 32.4 Å². The normalized spacial score (nSPS) is 16.4. The Kier molecular flexibility index (Phi) is 5.33.